The van der Waals surface area contributed by atoms with E-state index < -0.39 is 0 Å². The van der Waals surface area contributed by atoms with Gasteiger partial charge in [0.25, 0.3) is 0 Å². The molecule has 0 aliphatic heterocycles. The zero-order valence-electron chi connectivity index (χ0n) is 11.0. The maximum absolute atomic E-state index is 12.3. The summed E-state index contributed by atoms with van der Waals surface area (Å²) < 4.78 is 5.36. The minimum absolute atomic E-state index is 0.182. The summed E-state index contributed by atoms with van der Waals surface area (Å²) in [5.74, 6) is 0.618. The number of ether oxygens (including phenoxy) is 1. The van der Waals surface area contributed by atoms with Gasteiger partial charge in [-0.05, 0) is 36.5 Å². The number of carbonyl (C=O) groups is 1. The molecule has 1 aliphatic rings. The minimum Gasteiger partial charge on any atom is -0.373 e. The van der Waals surface area contributed by atoms with Gasteiger partial charge in [0.15, 0.2) is 5.78 Å². The van der Waals surface area contributed by atoms with Gasteiger partial charge in [0, 0.05) is 25.1 Å². The molecule has 0 radical (unpaired) electrons. The van der Waals surface area contributed by atoms with Crippen LogP contribution in [0.4, 0.5) is 0 Å². The van der Waals surface area contributed by atoms with E-state index in [1.807, 2.05) is 30.3 Å². The number of ketones is 1. The van der Waals surface area contributed by atoms with Gasteiger partial charge in [-0.1, -0.05) is 18.2 Å². The second-order valence-electron chi connectivity index (χ2n) is 5.12. The van der Waals surface area contributed by atoms with Crippen LogP contribution in [0.5, 0.6) is 0 Å². The van der Waals surface area contributed by atoms with Crippen molar-refractivity contribution in [1.82, 2.24) is 4.98 Å². The fraction of sp³-hybridized carbons (Fsp3) is 0.375. The van der Waals surface area contributed by atoms with Crippen LogP contribution in [0.25, 0.3) is 10.9 Å². The van der Waals surface area contributed by atoms with Gasteiger partial charge in [0.05, 0.1) is 5.52 Å². The van der Waals surface area contributed by atoms with Crippen LogP contribution in [0.1, 0.15) is 18.4 Å². The van der Waals surface area contributed by atoms with E-state index in [1.54, 1.807) is 13.3 Å². The molecule has 1 heterocycles. The Bertz CT molecular complexity index is 599. The van der Waals surface area contributed by atoms with Crippen LogP contribution in [-0.2, 0) is 16.0 Å². The Hall–Kier alpha value is -1.74. The number of methoxy groups -OCH3 is 1. The summed E-state index contributed by atoms with van der Waals surface area (Å²) in [6.45, 7) is 0. The largest absolute Gasteiger partial charge is 0.373 e. The number of Topliss-reactive ketones (excluding diaryl/α,β-unsaturated/α-hetero) is 1. The third kappa shape index (κ3) is 2.51. The third-order valence-electron chi connectivity index (χ3n) is 3.73. The molecule has 1 fully saturated rings. The number of pyridine rings is 1. The number of nitrogens with zero attached hydrogens (tertiary/aromatic N) is 1. The van der Waals surface area contributed by atoms with E-state index in [-0.39, 0.29) is 11.9 Å². The number of fused-ring (bicyclic) bond motifs is 1. The van der Waals surface area contributed by atoms with E-state index in [1.165, 1.54) is 0 Å². The lowest BCUT2D eigenvalue weighted by Crippen LogP contribution is -2.26. The average molecular weight is 255 g/mol. The maximum atomic E-state index is 12.3. The molecule has 3 nitrogen and oxygen atoms in total. The van der Waals surface area contributed by atoms with Crippen LogP contribution < -0.4 is 0 Å². The molecule has 0 bridgehead atoms. The van der Waals surface area contributed by atoms with Crippen molar-refractivity contribution in [2.75, 3.05) is 7.11 Å². The van der Waals surface area contributed by atoms with Gasteiger partial charge >= 0.3 is 0 Å². The smallest absolute Gasteiger partial charge is 0.166 e. The predicted molar refractivity (Wildman–Crippen MR) is 74.0 cm³/mol. The molecule has 0 spiro atoms. The fourth-order valence-corrected chi connectivity index (χ4v) is 2.58. The van der Waals surface area contributed by atoms with Crippen LogP contribution in [0, 0.1) is 5.92 Å². The topological polar surface area (TPSA) is 39.2 Å². The number of carbonyl (C=O) groups excluding carboxylic acids is 1. The second kappa shape index (κ2) is 5.10. The summed E-state index contributed by atoms with van der Waals surface area (Å²) in [6.07, 6.45) is 4.19. The van der Waals surface area contributed by atoms with Gasteiger partial charge in [0.1, 0.15) is 6.10 Å². The highest BCUT2D eigenvalue weighted by Gasteiger charge is 2.35. The zero-order valence-corrected chi connectivity index (χ0v) is 11.0. The van der Waals surface area contributed by atoms with Crippen LogP contribution in [0.3, 0.4) is 0 Å². The van der Waals surface area contributed by atoms with E-state index >= 15 is 0 Å². The van der Waals surface area contributed by atoms with Gasteiger partial charge < -0.3 is 4.74 Å². The summed E-state index contributed by atoms with van der Waals surface area (Å²) in [7, 11) is 1.63. The Labute approximate surface area is 112 Å². The lowest BCUT2D eigenvalue weighted by atomic mass is 10.00. The van der Waals surface area contributed by atoms with Gasteiger partial charge in [-0.25, -0.2) is 0 Å². The Balaban J connectivity index is 1.86. The normalized spacial score (nSPS) is 16.5. The number of benzene rings is 1. The van der Waals surface area contributed by atoms with E-state index in [4.69, 9.17) is 4.74 Å². The van der Waals surface area contributed by atoms with Crippen molar-refractivity contribution in [1.29, 1.82) is 0 Å². The molecule has 98 valence electrons. The molecule has 0 saturated heterocycles. The standard InChI is InChI=1S/C16H17NO2/c1-19-16(11-6-7-11)15(18)10-12-8-9-17-14-5-3-2-4-13(12)14/h2-5,8-9,11,16H,6-7,10H2,1H3. The van der Waals surface area contributed by atoms with Crippen molar-refractivity contribution in [3.8, 4) is 0 Å². The van der Waals surface area contributed by atoms with Gasteiger partial charge in [0.2, 0.25) is 0 Å². The van der Waals surface area contributed by atoms with Gasteiger partial charge in [-0.3, -0.25) is 9.78 Å². The van der Waals surface area contributed by atoms with E-state index in [0.717, 1.165) is 29.3 Å². The number of aromatic nitrogens is 1. The summed E-state index contributed by atoms with van der Waals surface area (Å²) >= 11 is 0. The van der Waals surface area contributed by atoms with Gasteiger partial charge in [-0.15, -0.1) is 0 Å². The molecule has 1 unspecified atom stereocenters. The average Bonchev–Trinajstić information content (AvgIpc) is 3.25. The molecule has 3 heteroatoms. The summed E-state index contributed by atoms with van der Waals surface area (Å²) in [6, 6.07) is 9.86. The molecule has 1 atom stereocenters. The first kappa shape index (κ1) is 12.3. The maximum Gasteiger partial charge on any atom is 0.166 e. The molecule has 1 aliphatic carbocycles. The number of para-hydroxylation sites is 1. The summed E-state index contributed by atoms with van der Waals surface area (Å²) in [5, 5.41) is 1.06. The Morgan fingerprint density at radius 1 is 1.37 bits per heavy atom. The summed E-state index contributed by atoms with van der Waals surface area (Å²) in [5.41, 5.74) is 1.98. The molecular formula is C16H17NO2. The Morgan fingerprint density at radius 2 is 2.16 bits per heavy atom. The molecule has 0 amide bonds. The first-order valence-electron chi connectivity index (χ1n) is 6.67. The lowest BCUT2D eigenvalue weighted by molar-refractivity contribution is -0.129. The van der Waals surface area contributed by atoms with Gasteiger partial charge in [-0.2, -0.15) is 0 Å². The van der Waals surface area contributed by atoms with Crippen molar-refractivity contribution in [2.24, 2.45) is 5.92 Å². The van der Waals surface area contributed by atoms with E-state index in [0.29, 0.717) is 12.3 Å². The predicted octanol–water partition coefficient (Wildman–Crippen LogP) is 2.77. The van der Waals surface area contributed by atoms with Crippen LogP contribution >= 0.6 is 0 Å². The van der Waals surface area contributed by atoms with Crippen LogP contribution in [0.15, 0.2) is 36.5 Å². The summed E-state index contributed by atoms with van der Waals surface area (Å²) in [4.78, 5) is 16.6. The second-order valence-corrected chi connectivity index (χ2v) is 5.12. The van der Waals surface area contributed by atoms with Crippen molar-refractivity contribution >= 4 is 16.7 Å². The molecule has 1 aromatic carbocycles. The highest BCUT2D eigenvalue weighted by atomic mass is 16.5. The van der Waals surface area contributed by atoms with Crippen LogP contribution in [-0.4, -0.2) is 24.0 Å². The van der Waals surface area contributed by atoms with E-state index in [2.05, 4.69) is 4.98 Å². The zero-order chi connectivity index (χ0) is 13.2. The lowest BCUT2D eigenvalue weighted by Gasteiger charge is -2.13. The van der Waals surface area contributed by atoms with Crippen LogP contribution in [0.2, 0.25) is 0 Å². The minimum atomic E-state index is -0.230. The Kier molecular flexibility index (Phi) is 3.30. The number of rotatable bonds is 5. The third-order valence-corrected chi connectivity index (χ3v) is 3.73. The molecular weight excluding hydrogens is 238 g/mol. The number of hydrogen-bond acceptors (Lipinski definition) is 3. The van der Waals surface area contributed by atoms with Crippen molar-refractivity contribution in [2.45, 2.75) is 25.4 Å². The first-order chi connectivity index (χ1) is 9.29. The Morgan fingerprint density at radius 3 is 2.89 bits per heavy atom. The van der Waals surface area contributed by atoms with E-state index in [9.17, 15) is 4.79 Å². The quantitative estimate of drug-likeness (QED) is 0.824. The SMILES string of the molecule is COC(C(=O)Cc1ccnc2ccccc12)C1CC1. The molecule has 3 rings (SSSR count). The van der Waals surface area contributed by atoms with Crippen molar-refractivity contribution in [3.05, 3.63) is 42.1 Å². The molecule has 1 aromatic heterocycles. The molecule has 1 saturated carbocycles. The molecule has 19 heavy (non-hydrogen) atoms. The fourth-order valence-electron chi connectivity index (χ4n) is 2.58. The molecule has 2 aromatic rings. The monoisotopic (exact) mass is 255 g/mol. The van der Waals surface area contributed by atoms with Crippen molar-refractivity contribution < 1.29 is 9.53 Å². The molecule has 0 N–H and O–H groups in total. The van der Waals surface area contributed by atoms with Crippen molar-refractivity contribution in [3.63, 3.8) is 0 Å². The highest BCUT2D eigenvalue weighted by molar-refractivity contribution is 5.91. The first-order valence-corrected chi connectivity index (χ1v) is 6.67. The highest BCUT2D eigenvalue weighted by Crippen LogP contribution is 2.35. The number of hydrogen-bond donors (Lipinski definition) is 0.